The van der Waals surface area contributed by atoms with Gasteiger partial charge in [0.25, 0.3) is 0 Å². The lowest BCUT2D eigenvalue weighted by atomic mass is 9.79. The highest BCUT2D eigenvalue weighted by Crippen LogP contribution is 2.52. The molecule has 130 valence electrons. The molecule has 0 spiro atoms. The Hall–Kier alpha value is -1.56. The van der Waals surface area contributed by atoms with E-state index >= 15 is 0 Å². The van der Waals surface area contributed by atoms with E-state index in [2.05, 4.69) is 22.5 Å². The molecule has 1 aromatic heterocycles. The van der Waals surface area contributed by atoms with Crippen molar-refractivity contribution in [3.63, 3.8) is 0 Å². The van der Waals surface area contributed by atoms with E-state index in [-0.39, 0.29) is 12.0 Å². The molecule has 1 aliphatic heterocycles. The molecule has 7 heteroatoms. The lowest BCUT2D eigenvalue weighted by Crippen LogP contribution is -2.28. The predicted octanol–water partition coefficient (Wildman–Crippen LogP) is 5.45. The first-order valence-electron chi connectivity index (χ1n) is 8.14. The van der Waals surface area contributed by atoms with E-state index in [0.29, 0.717) is 22.7 Å². The highest BCUT2D eigenvalue weighted by Gasteiger charge is 2.40. The van der Waals surface area contributed by atoms with Gasteiger partial charge in [0.15, 0.2) is 0 Å². The number of esters is 1. The van der Waals surface area contributed by atoms with E-state index in [4.69, 9.17) is 27.9 Å². The van der Waals surface area contributed by atoms with Crippen molar-refractivity contribution in [3.8, 4) is 0 Å². The molecule has 4 rings (SSSR count). The highest BCUT2D eigenvalue weighted by molar-refractivity contribution is 7.14. The molecule has 2 aliphatic rings. The molecular formula is C18H16Cl2N2O2S. The van der Waals surface area contributed by atoms with E-state index in [9.17, 15) is 4.79 Å². The molecular weight excluding hydrogens is 379 g/mol. The van der Waals surface area contributed by atoms with Crippen LogP contribution < -0.4 is 5.32 Å². The molecule has 0 amide bonds. The maximum Gasteiger partial charge on any atom is 0.367 e. The number of nitrogens with zero attached hydrogens (tertiary/aromatic N) is 1. The van der Waals surface area contributed by atoms with Gasteiger partial charge in [0.05, 0.1) is 17.5 Å². The number of anilines is 1. The number of hydrogen-bond donors (Lipinski definition) is 1. The number of carbonyl (C=O) groups is 1. The number of thiazole rings is 1. The average molecular weight is 395 g/mol. The van der Waals surface area contributed by atoms with Gasteiger partial charge in [0.1, 0.15) is 5.15 Å². The fourth-order valence-electron chi connectivity index (χ4n) is 3.61. The van der Waals surface area contributed by atoms with Crippen LogP contribution in [-0.2, 0) is 4.74 Å². The largest absolute Gasteiger partial charge is 0.461 e. The third-order valence-corrected chi connectivity index (χ3v) is 6.42. The zero-order valence-electron chi connectivity index (χ0n) is 13.5. The van der Waals surface area contributed by atoms with E-state index in [1.807, 2.05) is 18.2 Å². The van der Waals surface area contributed by atoms with E-state index < -0.39 is 5.97 Å². The Morgan fingerprint density at radius 3 is 3.08 bits per heavy atom. The predicted molar refractivity (Wildman–Crippen MR) is 101 cm³/mol. The van der Waals surface area contributed by atoms with Gasteiger partial charge >= 0.3 is 5.97 Å². The summed E-state index contributed by atoms with van der Waals surface area (Å²) in [6.07, 6.45) is 5.37. The molecule has 4 nitrogen and oxygen atoms in total. The van der Waals surface area contributed by atoms with Gasteiger partial charge < -0.3 is 10.1 Å². The van der Waals surface area contributed by atoms with Gasteiger partial charge in [-0.2, -0.15) is 0 Å². The Bertz CT molecular complexity index is 865. The molecule has 2 heterocycles. The summed E-state index contributed by atoms with van der Waals surface area (Å²) in [4.78, 5) is 17.1. The number of fused-ring (bicyclic) bond motifs is 3. The third-order valence-electron chi connectivity index (χ3n) is 4.67. The molecule has 2 aromatic rings. The third kappa shape index (κ3) is 2.94. The number of aromatic nitrogens is 1. The molecule has 1 N–H and O–H groups in total. The van der Waals surface area contributed by atoms with Crippen LogP contribution in [0.2, 0.25) is 10.2 Å². The van der Waals surface area contributed by atoms with Gasteiger partial charge in [0.2, 0.25) is 5.01 Å². The number of rotatable bonds is 3. The molecule has 1 aromatic carbocycles. The number of halogens is 2. The minimum atomic E-state index is -0.426. The first-order chi connectivity index (χ1) is 12.1. The van der Waals surface area contributed by atoms with Gasteiger partial charge in [-0.15, -0.1) is 11.3 Å². The van der Waals surface area contributed by atoms with Crippen LogP contribution in [0.25, 0.3) is 0 Å². The SMILES string of the molecule is CCOC(=O)c1nc(Cl)c([C@@H]2Nc3ccc(Cl)cc3[C@@H]3C=CC[C@@H]32)s1. The van der Waals surface area contributed by atoms with Gasteiger partial charge in [-0.25, -0.2) is 9.78 Å². The van der Waals surface area contributed by atoms with Crippen LogP contribution >= 0.6 is 34.5 Å². The van der Waals surface area contributed by atoms with Gasteiger partial charge in [-0.05, 0) is 43.0 Å². The van der Waals surface area contributed by atoms with E-state index in [1.54, 1.807) is 6.92 Å². The lowest BCUT2D eigenvalue weighted by molar-refractivity contribution is 0.0526. The van der Waals surface area contributed by atoms with Crippen LogP contribution in [0.1, 0.15) is 45.5 Å². The molecule has 3 atom stereocenters. The Morgan fingerprint density at radius 1 is 1.44 bits per heavy atom. The molecule has 25 heavy (non-hydrogen) atoms. The van der Waals surface area contributed by atoms with Crippen LogP contribution in [0, 0.1) is 5.92 Å². The lowest BCUT2D eigenvalue weighted by Gasteiger charge is -2.36. The summed E-state index contributed by atoms with van der Waals surface area (Å²) in [5.41, 5.74) is 2.25. The maximum atomic E-state index is 12.0. The monoisotopic (exact) mass is 394 g/mol. The fourth-order valence-corrected chi connectivity index (χ4v) is 5.14. The van der Waals surface area contributed by atoms with Crippen molar-refractivity contribution in [1.82, 2.24) is 4.98 Å². The Labute approximate surface area is 159 Å². The summed E-state index contributed by atoms with van der Waals surface area (Å²) in [5.74, 6) is 0.174. The molecule has 0 unspecified atom stereocenters. The summed E-state index contributed by atoms with van der Waals surface area (Å²) in [6.45, 7) is 2.09. The van der Waals surface area contributed by atoms with E-state index in [0.717, 1.165) is 22.0 Å². The first kappa shape index (κ1) is 16.9. The Balaban J connectivity index is 1.72. The summed E-state index contributed by atoms with van der Waals surface area (Å²) in [5, 5.41) is 4.98. The number of nitrogens with one attached hydrogen (secondary N) is 1. The van der Waals surface area contributed by atoms with E-state index in [1.165, 1.54) is 16.9 Å². The second kappa shape index (κ2) is 6.63. The van der Waals surface area contributed by atoms with Crippen molar-refractivity contribution in [2.75, 3.05) is 11.9 Å². The molecule has 0 bridgehead atoms. The zero-order valence-corrected chi connectivity index (χ0v) is 15.8. The van der Waals surface area contributed by atoms with Gasteiger partial charge in [0, 0.05) is 16.6 Å². The standard InChI is InChI=1S/C18H16Cl2N2O2S/c1-2-24-18(23)17-22-16(20)15(25-17)14-11-5-3-4-10(11)12-8-9(19)6-7-13(12)21-14/h3-4,6-8,10-11,14,21H,2,5H2,1H3/t10-,11+,14-/m1/s1. The zero-order chi connectivity index (χ0) is 17.6. The number of allylic oxidation sites excluding steroid dienone is 2. The second-order valence-electron chi connectivity index (χ2n) is 6.10. The van der Waals surface area contributed by atoms with Gasteiger partial charge in [-0.1, -0.05) is 35.4 Å². The van der Waals surface area contributed by atoms with Crippen molar-refractivity contribution in [2.45, 2.75) is 25.3 Å². The normalized spacial score (nSPS) is 23.7. The van der Waals surface area contributed by atoms with Crippen molar-refractivity contribution < 1.29 is 9.53 Å². The van der Waals surface area contributed by atoms with Crippen LogP contribution in [0.4, 0.5) is 5.69 Å². The number of benzene rings is 1. The summed E-state index contributed by atoms with van der Waals surface area (Å²) < 4.78 is 5.04. The summed E-state index contributed by atoms with van der Waals surface area (Å²) >= 11 is 13.9. The van der Waals surface area contributed by atoms with Gasteiger partial charge in [-0.3, -0.25) is 0 Å². The smallest absolute Gasteiger partial charge is 0.367 e. The molecule has 0 radical (unpaired) electrons. The Morgan fingerprint density at radius 2 is 2.28 bits per heavy atom. The quantitative estimate of drug-likeness (QED) is 0.554. The number of hydrogen-bond acceptors (Lipinski definition) is 5. The highest BCUT2D eigenvalue weighted by atomic mass is 35.5. The van der Waals surface area contributed by atoms with Crippen LogP contribution in [-0.4, -0.2) is 17.6 Å². The minimum Gasteiger partial charge on any atom is -0.461 e. The van der Waals surface area contributed by atoms with Crippen LogP contribution in [0.3, 0.4) is 0 Å². The van der Waals surface area contributed by atoms with Crippen LogP contribution in [0.5, 0.6) is 0 Å². The number of carbonyl (C=O) groups excluding carboxylic acids is 1. The topological polar surface area (TPSA) is 51.2 Å². The first-order valence-corrected chi connectivity index (χ1v) is 9.71. The fraction of sp³-hybridized carbons (Fsp3) is 0.333. The average Bonchev–Trinajstić information content (AvgIpc) is 3.22. The van der Waals surface area contributed by atoms with Crippen molar-refractivity contribution >= 4 is 46.2 Å². The molecule has 1 aliphatic carbocycles. The van der Waals surface area contributed by atoms with Crippen molar-refractivity contribution in [2.24, 2.45) is 5.92 Å². The Kier molecular flexibility index (Phi) is 4.48. The molecule has 0 saturated carbocycles. The van der Waals surface area contributed by atoms with Crippen LogP contribution in [0.15, 0.2) is 30.4 Å². The maximum absolute atomic E-state index is 12.0. The van der Waals surface area contributed by atoms with Crippen molar-refractivity contribution in [1.29, 1.82) is 0 Å². The summed E-state index contributed by atoms with van der Waals surface area (Å²) in [7, 11) is 0. The number of ether oxygens (including phenoxy) is 1. The summed E-state index contributed by atoms with van der Waals surface area (Å²) in [6, 6.07) is 5.89. The molecule has 0 fully saturated rings. The molecule has 0 saturated heterocycles. The van der Waals surface area contributed by atoms with Crippen molar-refractivity contribution in [3.05, 3.63) is 56.0 Å². The second-order valence-corrected chi connectivity index (χ2v) is 7.93. The minimum absolute atomic E-state index is 0.00171.